The van der Waals surface area contributed by atoms with E-state index in [2.05, 4.69) is 4.98 Å². The largest absolute Gasteiger partial charge is 0.484 e. The van der Waals surface area contributed by atoms with E-state index in [0.717, 1.165) is 5.69 Å². The van der Waals surface area contributed by atoms with E-state index in [-0.39, 0.29) is 35.2 Å². The number of aromatic nitrogens is 1. The van der Waals surface area contributed by atoms with Crippen LogP contribution in [0, 0.1) is 0 Å². The van der Waals surface area contributed by atoms with Gasteiger partial charge >= 0.3 is 0 Å². The van der Waals surface area contributed by atoms with Gasteiger partial charge in [0.2, 0.25) is 0 Å². The Morgan fingerprint density at radius 3 is 2.70 bits per heavy atom. The van der Waals surface area contributed by atoms with Crippen molar-refractivity contribution in [3.05, 3.63) is 63.6 Å². The summed E-state index contributed by atoms with van der Waals surface area (Å²) in [6.07, 6.45) is 0.817. The van der Waals surface area contributed by atoms with Crippen molar-refractivity contribution in [2.45, 2.75) is 38.2 Å². The molecule has 1 saturated heterocycles. The highest BCUT2D eigenvalue weighted by Crippen LogP contribution is 2.38. The molecule has 1 atom stereocenters. The Bertz CT molecular complexity index is 978. The molecule has 1 aromatic carbocycles. The van der Waals surface area contributed by atoms with Gasteiger partial charge in [-0.3, -0.25) is 14.4 Å². The van der Waals surface area contributed by atoms with E-state index in [1.54, 1.807) is 29.2 Å². The molecule has 0 unspecified atom stereocenters. The van der Waals surface area contributed by atoms with Gasteiger partial charge in [-0.2, -0.15) is 0 Å². The van der Waals surface area contributed by atoms with E-state index in [0.29, 0.717) is 30.8 Å². The third-order valence-corrected chi connectivity index (χ3v) is 5.38. The van der Waals surface area contributed by atoms with Crippen molar-refractivity contribution in [3.8, 4) is 5.75 Å². The van der Waals surface area contributed by atoms with Crippen LogP contribution in [0.1, 0.15) is 59.0 Å². The molecule has 1 amide bonds. The van der Waals surface area contributed by atoms with Crippen LogP contribution in [0.3, 0.4) is 0 Å². The van der Waals surface area contributed by atoms with Crippen LogP contribution in [0.2, 0.25) is 0 Å². The first-order valence-corrected chi connectivity index (χ1v) is 9.22. The lowest BCUT2D eigenvalue weighted by atomic mass is 9.89. The number of rotatable bonds is 2. The molecule has 0 bridgehead atoms. The predicted octanol–water partition coefficient (Wildman–Crippen LogP) is 2.75. The molecule has 3 heterocycles. The summed E-state index contributed by atoms with van der Waals surface area (Å²) in [5.74, 6) is 0.462. The molecule has 1 spiro atoms. The monoisotopic (exact) mass is 366 g/mol. The number of nitrogens with one attached hydrogen (secondary N) is 1. The number of amides is 1. The van der Waals surface area contributed by atoms with Gasteiger partial charge in [-0.15, -0.1) is 0 Å². The number of hydrogen-bond acceptors (Lipinski definition) is 4. The summed E-state index contributed by atoms with van der Waals surface area (Å²) in [5, 5.41) is 0. The SMILES string of the molecule is CC(C)c1ccc(C(=O)N2CC[C@]3(CC(=O)c4ccccc4O3)C2)c(=O)[nH]1. The first-order valence-electron chi connectivity index (χ1n) is 9.22. The minimum absolute atomic E-state index is 0.0327. The number of pyridine rings is 1. The quantitative estimate of drug-likeness (QED) is 0.886. The van der Waals surface area contributed by atoms with E-state index in [1.807, 2.05) is 26.0 Å². The van der Waals surface area contributed by atoms with E-state index in [1.165, 1.54) is 0 Å². The van der Waals surface area contributed by atoms with E-state index >= 15 is 0 Å². The maximum atomic E-state index is 12.9. The standard InChI is InChI=1S/C21H22N2O4/c1-13(2)16-8-7-15(19(25)22-16)20(26)23-10-9-21(12-23)11-17(24)14-5-3-4-6-18(14)27-21/h3-8,13H,9-12H2,1-2H3,(H,22,25)/t21-/m0/s1. The smallest absolute Gasteiger partial charge is 0.261 e. The number of para-hydroxylation sites is 1. The summed E-state index contributed by atoms with van der Waals surface area (Å²) in [7, 11) is 0. The summed E-state index contributed by atoms with van der Waals surface area (Å²) in [6, 6.07) is 10.6. The first-order chi connectivity index (χ1) is 12.9. The summed E-state index contributed by atoms with van der Waals surface area (Å²) >= 11 is 0. The Labute approximate surface area is 157 Å². The van der Waals surface area contributed by atoms with Gasteiger partial charge in [0, 0.05) is 18.7 Å². The molecule has 27 heavy (non-hydrogen) atoms. The van der Waals surface area contributed by atoms with E-state index < -0.39 is 5.60 Å². The lowest BCUT2D eigenvalue weighted by Crippen LogP contribution is -2.45. The molecule has 6 heteroatoms. The van der Waals surface area contributed by atoms with Crippen LogP contribution >= 0.6 is 0 Å². The molecule has 0 aliphatic carbocycles. The number of carbonyl (C=O) groups is 2. The normalized spacial score (nSPS) is 21.4. The fraction of sp³-hybridized carbons (Fsp3) is 0.381. The number of likely N-dealkylation sites (tertiary alicyclic amines) is 1. The van der Waals surface area contributed by atoms with Gasteiger partial charge in [-0.1, -0.05) is 26.0 Å². The molecule has 140 valence electrons. The first kappa shape index (κ1) is 17.5. The summed E-state index contributed by atoms with van der Waals surface area (Å²) in [5.41, 5.74) is 0.434. The molecule has 1 aromatic heterocycles. The molecule has 2 aliphatic heterocycles. The van der Waals surface area contributed by atoms with Gasteiger partial charge < -0.3 is 14.6 Å². The lowest BCUT2D eigenvalue weighted by molar-refractivity contribution is 0.0428. The third-order valence-electron chi connectivity index (χ3n) is 5.38. The Kier molecular flexibility index (Phi) is 4.13. The molecule has 2 aliphatic rings. The molecule has 2 aromatic rings. The van der Waals surface area contributed by atoms with Crippen LogP contribution in [0.5, 0.6) is 5.75 Å². The number of fused-ring (bicyclic) bond motifs is 1. The molecule has 0 radical (unpaired) electrons. The second kappa shape index (κ2) is 6.37. The second-order valence-electron chi connectivity index (χ2n) is 7.67. The number of carbonyl (C=O) groups excluding carboxylic acids is 2. The zero-order valence-corrected chi connectivity index (χ0v) is 15.5. The molecule has 4 rings (SSSR count). The number of aromatic amines is 1. The van der Waals surface area contributed by atoms with Crippen LogP contribution in [-0.2, 0) is 0 Å². The Morgan fingerprint density at radius 1 is 1.19 bits per heavy atom. The molecule has 0 saturated carbocycles. The Balaban J connectivity index is 1.56. The van der Waals surface area contributed by atoms with Gasteiger partial charge in [0.15, 0.2) is 5.78 Å². The highest BCUT2D eigenvalue weighted by molar-refractivity contribution is 6.00. The molecule has 1 N–H and O–H groups in total. The van der Waals surface area contributed by atoms with Crippen LogP contribution in [0.15, 0.2) is 41.2 Å². The van der Waals surface area contributed by atoms with Gasteiger partial charge in [0.05, 0.1) is 18.5 Å². The zero-order valence-electron chi connectivity index (χ0n) is 15.5. The van der Waals surface area contributed by atoms with Crippen molar-refractivity contribution >= 4 is 11.7 Å². The lowest BCUT2D eigenvalue weighted by Gasteiger charge is -2.34. The van der Waals surface area contributed by atoms with Crippen molar-refractivity contribution in [3.63, 3.8) is 0 Å². The number of Topliss-reactive ketones (excluding diaryl/α,β-unsaturated/α-hetero) is 1. The van der Waals surface area contributed by atoms with Gasteiger partial charge in [-0.25, -0.2) is 0 Å². The average molecular weight is 366 g/mol. The topological polar surface area (TPSA) is 79.5 Å². The van der Waals surface area contributed by atoms with Crippen LogP contribution in [0.25, 0.3) is 0 Å². The number of benzene rings is 1. The minimum Gasteiger partial charge on any atom is -0.484 e. The number of nitrogens with zero attached hydrogens (tertiary/aromatic N) is 1. The Hall–Kier alpha value is -2.89. The Morgan fingerprint density at radius 2 is 1.96 bits per heavy atom. The molecule has 1 fully saturated rings. The maximum absolute atomic E-state index is 12.9. The fourth-order valence-electron chi connectivity index (χ4n) is 3.85. The van der Waals surface area contributed by atoms with E-state index in [4.69, 9.17) is 4.74 Å². The highest BCUT2D eigenvalue weighted by Gasteiger charge is 2.47. The fourth-order valence-corrected chi connectivity index (χ4v) is 3.85. The van der Waals surface area contributed by atoms with Gasteiger partial charge in [0.1, 0.15) is 16.9 Å². The third kappa shape index (κ3) is 3.05. The predicted molar refractivity (Wildman–Crippen MR) is 100 cm³/mol. The number of H-pyrrole nitrogens is 1. The second-order valence-corrected chi connectivity index (χ2v) is 7.67. The van der Waals surface area contributed by atoms with Crippen LogP contribution in [-0.4, -0.2) is 40.3 Å². The number of ether oxygens (including phenoxy) is 1. The average Bonchev–Trinajstić information content (AvgIpc) is 3.04. The highest BCUT2D eigenvalue weighted by atomic mass is 16.5. The van der Waals surface area contributed by atoms with E-state index in [9.17, 15) is 14.4 Å². The van der Waals surface area contributed by atoms with Crippen molar-refractivity contribution in [1.29, 1.82) is 0 Å². The van der Waals surface area contributed by atoms with Gasteiger partial charge in [-0.05, 0) is 30.2 Å². The maximum Gasteiger partial charge on any atom is 0.261 e. The van der Waals surface area contributed by atoms with Crippen LogP contribution < -0.4 is 10.3 Å². The molecular formula is C21H22N2O4. The molecular weight excluding hydrogens is 344 g/mol. The number of hydrogen-bond donors (Lipinski definition) is 1. The van der Waals surface area contributed by atoms with Gasteiger partial charge in [0.25, 0.3) is 11.5 Å². The minimum atomic E-state index is -0.703. The molecule has 6 nitrogen and oxygen atoms in total. The van der Waals surface area contributed by atoms with Crippen molar-refractivity contribution in [1.82, 2.24) is 9.88 Å². The summed E-state index contributed by atoms with van der Waals surface area (Å²) in [6.45, 7) is 4.72. The number of ketones is 1. The van der Waals surface area contributed by atoms with Crippen LogP contribution in [0.4, 0.5) is 0 Å². The van der Waals surface area contributed by atoms with Crippen molar-refractivity contribution in [2.75, 3.05) is 13.1 Å². The zero-order chi connectivity index (χ0) is 19.2. The van der Waals surface area contributed by atoms with Crippen molar-refractivity contribution < 1.29 is 14.3 Å². The summed E-state index contributed by atoms with van der Waals surface area (Å²) in [4.78, 5) is 42.1. The summed E-state index contributed by atoms with van der Waals surface area (Å²) < 4.78 is 6.15. The van der Waals surface area contributed by atoms with Crippen molar-refractivity contribution in [2.24, 2.45) is 0 Å².